The number of para-hydroxylation sites is 1. The number of benzene rings is 1. The first-order chi connectivity index (χ1) is 10.2. The first-order valence-corrected chi connectivity index (χ1v) is 7.18. The summed E-state index contributed by atoms with van der Waals surface area (Å²) < 4.78 is 6.24. The number of aromatic nitrogens is 2. The zero-order valence-electron chi connectivity index (χ0n) is 11.9. The van der Waals surface area contributed by atoms with Crippen molar-refractivity contribution < 1.29 is 14.0 Å². The maximum Gasteiger partial charge on any atom is 0.441 e. The minimum Gasteiger partial charge on any atom is -0.330 e. The second-order valence-electron chi connectivity index (χ2n) is 5.34. The molecule has 1 unspecified atom stereocenters. The molecule has 1 atom stereocenters. The normalized spacial score (nSPS) is 18.7. The Morgan fingerprint density at radius 1 is 1.33 bits per heavy atom. The van der Waals surface area contributed by atoms with Gasteiger partial charge in [0.2, 0.25) is 5.69 Å². The van der Waals surface area contributed by atoms with E-state index in [1.165, 1.54) is 4.68 Å². The van der Waals surface area contributed by atoms with E-state index >= 15 is 0 Å². The summed E-state index contributed by atoms with van der Waals surface area (Å²) in [6, 6.07) is 9.31. The quantitative estimate of drug-likeness (QED) is 0.846. The van der Waals surface area contributed by atoms with Crippen LogP contribution in [0.15, 0.2) is 39.6 Å². The van der Waals surface area contributed by atoms with Crippen LogP contribution in [0.5, 0.6) is 0 Å². The summed E-state index contributed by atoms with van der Waals surface area (Å²) in [7, 11) is 0. The van der Waals surface area contributed by atoms with Gasteiger partial charge in [0.1, 0.15) is 0 Å². The molecule has 0 bridgehead atoms. The molecule has 6 nitrogen and oxygen atoms in total. The number of piperidine rings is 1. The van der Waals surface area contributed by atoms with Crippen LogP contribution in [0.1, 0.15) is 36.7 Å². The Morgan fingerprint density at radius 2 is 2.10 bits per heavy atom. The summed E-state index contributed by atoms with van der Waals surface area (Å²) >= 11 is 0. The minimum absolute atomic E-state index is 0.0231. The second-order valence-corrected chi connectivity index (χ2v) is 5.34. The Morgan fingerprint density at radius 3 is 2.81 bits per heavy atom. The highest BCUT2D eigenvalue weighted by Gasteiger charge is 2.36. The van der Waals surface area contributed by atoms with E-state index in [1.54, 1.807) is 4.90 Å². The molecular weight excluding hydrogens is 270 g/mol. The van der Waals surface area contributed by atoms with Crippen molar-refractivity contribution in [2.45, 2.75) is 32.2 Å². The third kappa shape index (κ3) is 2.49. The first-order valence-electron chi connectivity index (χ1n) is 7.18. The summed E-state index contributed by atoms with van der Waals surface area (Å²) in [5.74, 6) is -0.277. The van der Waals surface area contributed by atoms with Gasteiger partial charge >= 0.3 is 17.2 Å². The molecule has 1 saturated heterocycles. The zero-order chi connectivity index (χ0) is 14.8. The molecule has 3 rings (SSSR count). The van der Waals surface area contributed by atoms with E-state index in [2.05, 4.69) is 5.27 Å². The van der Waals surface area contributed by atoms with E-state index in [0.29, 0.717) is 12.2 Å². The monoisotopic (exact) mass is 288 g/mol. The van der Waals surface area contributed by atoms with Gasteiger partial charge in [-0.05, 0) is 36.1 Å². The molecule has 0 radical (unpaired) electrons. The third-order valence-corrected chi connectivity index (χ3v) is 3.93. The molecule has 1 aliphatic rings. The number of likely N-dealkylation sites (tertiary alicyclic amines) is 1. The molecular formula is C15H18N3O3+. The predicted octanol–water partition coefficient (Wildman–Crippen LogP) is 1.26. The van der Waals surface area contributed by atoms with Gasteiger partial charge < -0.3 is 4.90 Å². The van der Waals surface area contributed by atoms with Crippen LogP contribution < -0.4 is 10.3 Å². The van der Waals surface area contributed by atoms with Crippen molar-refractivity contribution in [1.29, 1.82) is 0 Å². The van der Waals surface area contributed by atoms with Crippen LogP contribution >= 0.6 is 0 Å². The maximum absolute atomic E-state index is 12.7. The fraction of sp³-hybridized carbons (Fsp3) is 0.400. The standard InChI is InChI=1S/C15H17N3O3/c1-11-7-5-6-10-17(11)14(19)13-15(20)21-16-18(13)12-8-3-2-4-9-12/h2-4,8-9,11H,5-7,10H2,1H3/p+1. The number of carbonyl (C=O) groups is 1. The molecule has 1 fully saturated rings. The number of nitrogens with zero attached hydrogens (tertiary/aromatic N) is 2. The van der Waals surface area contributed by atoms with Gasteiger partial charge in [0, 0.05) is 24.7 Å². The third-order valence-electron chi connectivity index (χ3n) is 3.93. The van der Waals surface area contributed by atoms with Gasteiger partial charge in [-0.25, -0.2) is 4.79 Å². The maximum atomic E-state index is 12.7. The number of hydrogen-bond donors (Lipinski definition) is 1. The number of aromatic amines is 1. The van der Waals surface area contributed by atoms with E-state index in [9.17, 15) is 9.59 Å². The molecule has 2 heterocycles. The van der Waals surface area contributed by atoms with Crippen molar-refractivity contribution in [2.75, 3.05) is 6.54 Å². The van der Waals surface area contributed by atoms with Gasteiger partial charge in [0.05, 0.1) is 0 Å². The van der Waals surface area contributed by atoms with E-state index in [-0.39, 0.29) is 17.6 Å². The van der Waals surface area contributed by atoms with Crippen LogP contribution in [0.4, 0.5) is 0 Å². The lowest BCUT2D eigenvalue weighted by Gasteiger charge is -2.31. The minimum atomic E-state index is -0.637. The average molecular weight is 288 g/mol. The lowest BCUT2D eigenvalue weighted by molar-refractivity contribution is -0.672. The first kappa shape index (κ1) is 13.6. The van der Waals surface area contributed by atoms with E-state index < -0.39 is 5.63 Å². The van der Waals surface area contributed by atoms with Crippen molar-refractivity contribution in [3.05, 3.63) is 46.4 Å². The molecule has 110 valence electrons. The zero-order valence-corrected chi connectivity index (χ0v) is 11.9. The molecule has 6 heteroatoms. The predicted molar refractivity (Wildman–Crippen MR) is 75.2 cm³/mol. The van der Waals surface area contributed by atoms with Gasteiger partial charge in [-0.3, -0.25) is 9.32 Å². The van der Waals surface area contributed by atoms with Crippen LogP contribution in [0.25, 0.3) is 5.69 Å². The summed E-state index contributed by atoms with van der Waals surface area (Å²) in [5.41, 5.74) is 0.0768. The number of H-pyrrole nitrogens is 1. The summed E-state index contributed by atoms with van der Waals surface area (Å²) in [4.78, 5) is 26.4. The molecule has 21 heavy (non-hydrogen) atoms. The van der Waals surface area contributed by atoms with Gasteiger partial charge in [-0.2, -0.15) is 0 Å². The Labute approximate surface area is 121 Å². The molecule has 2 aromatic rings. The average Bonchev–Trinajstić information content (AvgIpc) is 2.90. The summed E-state index contributed by atoms with van der Waals surface area (Å²) in [6.07, 6.45) is 3.05. The second kappa shape index (κ2) is 5.55. The van der Waals surface area contributed by atoms with Crippen molar-refractivity contribution in [1.82, 2.24) is 10.2 Å². The Balaban J connectivity index is 2.01. The Bertz CT molecular complexity index is 690. The largest absolute Gasteiger partial charge is 0.441 e. The lowest BCUT2D eigenvalue weighted by atomic mass is 10.0. The number of carbonyl (C=O) groups excluding carboxylic acids is 1. The van der Waals surface area contributed by atoms with E-state index in [0.717, 1.165) is 19.3 Å². The van der Waals surface area contributed by atoms with Crippen molar-refractivity contribution >= 4 is 5.91 Å². The molecule has 0 saturated carbocycles. The smallest absolute Gasteiger partial charge is 0.330 e. The molecule has 0 aliphatic carbocycles. The Kier molecular flexibility index (Phi) is 3.60. The van der Waals surface area contributed by atoms with Crippen molar-refractivity contribution in [3.63, 3.8) is 0 Å². The van der Waals surface area contributed by atoms with Crippen molar-refractivity contribution in [2.24, 2.45) is 0 Å². The number of rotatable bonds is 2. The van der Waals surface area contributed by atoms with Gasteiger partial charge in [-0.15, -0.1) is 0 Å². The number of nitrogens with one attached hydrogen (secondary N) is 1. The van der Waals surface area contributed by atoms with Crippen LogP contribution in [0.2, 0.25) is 0 Å². The van der Waals surface area contributed by atoms with Gasteiger partial charge in [-0.1, -0.05) is 18.2 Å². The highest BCUT2D eigenvalue weighted by Crippen LogP contribution is 2.17. The summed E-state index contributed by atoms with van der Waals surface area (Å²) in [5, 5.41) is 2.51. The highest BCUT2D eigenvalue weighted by molar-refractivity contribution is 5.90. The summed E-state index contributed by atoms with van der Waals surface area (Å²) in [6.45, 7) is 2.69. The van der Waals surface area contributed by atoms with E-state index in [4.69, 9.17) is 4.52 Å². The number of amides is 1. The molecule has 1 aromatic carbocycles. The SMILES string of the molecule is CC1CCCCN1C(=O)c1c(=O)o[nH][n+]1-c1ccccc1. The fourth-order valence-corrected chi connectivity index (χ4v) is 2.75. The Hall–Kier alpha value is -2.37. The van der Waals surface area contributed by atoms with Crippen LogP contribution in [0.3, 0.4) is 0 Å². The molecule has 1 amide bonds. The lowest BCUT2D eigenvalue weighted by Crippen LogP contribution is -2.50. The van der Waals surface area contributed by atoms with Crippen LogP contribution in [-0.2, 0) is 0 Å². The van der Waals surface area contributed by atoms with E-state index in [1.807, 2.05) is 37.3 Å². The molecule has 1 aliphatic heterocycles. The molecule has 0 spiro atoms. The number of hydrogen-bond acceptors (Lipinski definition) is 3. The highest BCUT2D eigenvalue weighted by atomic mass is 16.5. The van der Waals surface area contributed by atoms with Gasteiger partial charge in [0.15, 0.2) is 0 Å². The molecule has 1 N–H and O–H groups in total. The van der Waals surface area contributed by atoms with Gasteiger partial charge in [0.25, 0.3) is 0 Å². The van der Waals surface area contributed by atoms with Crippen LogP contribution in [0, 0.1) is 0 Å². The fourth-order valence-electron chi connectivity index (χ4n) is 2.75. The topological polar surface area (TPSA) is 70.2 Å². The molecule has 1 aromatic heterocycles. The van der Waals surface area contributed by atoms with Crippen LogP contribution in [-0.4, -0.2) is 28.7 Å². The van der Waals surface area contributed by atoms with Crippen molar-refractivity contribution in [3.8, 4) is 5.69 Å².